The lowest BCUT2D eigenvalue weighted by atomic mass is 9.68. The molecule has 1 spiro atoms. The van der Waals surface area contributed by atoms with Crippen LogP contribution in [0.1, 0.15) is 33.6 Å². The zero-order valence-corrected chi connectivity index (χ0v) is 16.6. The predicted octanol–water partition coefficient (Wildman–Crippen LogP) is 1.73. The monoisotopic (exact) mass is 381 g/mol. The molecule has 27 heavy (non-hydrogen) atoms. The van der Waals surface area contributed by atoms with Crippen LogP contribution >= 0.6 is 0 Å². The fourth-order valence-electron chi connectivity index (χ4n) is 4.75. The van der Waals surface area contributed by atoms with E-state index in [0.29, 0.717) is 32.0 Å². The zero-order valence-electron chi connectivity index (χ0n) is 16.6. The van der Waals surface area contributed by atoms with Crippen molar-refractivity contribution in [1.29, 1.82) is 0 Å². The number of β-amino-alcohol motifs (C(OH)–C–C–N with tert-alkyl or cyclic N) is 1. The maximum absolute atomic E-state index is 12.4. The molecule has 1 aliphatic carbocycles. The van der Waals surface area contributed by atoms with E-state index in [4.69, 9.17) is 18.9 Å². The summed E-state index contributed by atoms with van der Waals surface area (Å²) in [7, 11) is 1.66. The van der Waals surface area contributed by atoms with Crippen LogP contribution in [0.15, 0.2) is 12.2 Å². The van der Waals surface area contributed by atoms with Crippen LogP contribution in [0.5, 0.6) is 0 Å². The molecular weight excluding hydrogens is 350 g/mol. The average Bonchev–Trinajstić information content (AvgIpc) is 3.49. The number of hydrogen-bond donors (Lipinski definition) is 1. The third kappa shape index (κ3) is 3.39. The lowest BCUT2D eigenvalue weighted by molar-refractivity contribution is -0.126. The maximum atomic E-state index is 12.4. The number of amides is 1. The Morgan fingerprint density at radius 3 is 2.63 bits per heavy atom. The highest BCUT2D eigenvalue weighted by atomic mass is 16.6. The Hall–Kier alpha value is -1.15. The van der Waals surface area contributed by atoms with Crippen molar-refractivity contribution < 1.29 is 28.8 Å². The number of carbonyl (C=O) groups is 1. The molecule has 152 valence electrons. The summed E-state index contributed by atoms with van der Waals surface area (Å²) in [6.07, 6.45) is 4.43. The molecule has 0 aromatic heterocycles. The standard InChI is InChI=1S/C20H31NO6/c1-12(2)5-6-15-19(3,27-15)17-16(24-4)14(7-8-20(17)11-25-20)26-18(23)21-9-13(22)10-21/h5-6,12-17,22H,7-11H2,1-4H3/b6-5+/t14-,15-,16-,17?,19?,20+/m1/s1. The van der Waals surface area contributed by atoms with Crippen LogP contribution in [-0.4, -0.2) is 78.5 Å². The van der Waals surface area contributed by atoms with E-state index in [0.717, 1.165) is 6.42 Å². The van der Waals surface area contributed by atoms with E-state index in [1.165, 1.54) is 4.90 Å². The van der Waals surface area contributed by atoms with E-state index in [9.17, 15) is 9.90 Å². The van der Waals surface area contributed by atoms with Gasteiger partial charge < -0.3 is 29.0 Å². The Morgan fingerprint density at radius 1 is 1.37 bits per heavy atom. The molecule has 3 saturated heterocycles. The highest BCUT2D eigenvalue weighted by Gasteiger charge is 2.72. The van der Waals surface area contributed by atoms with Crippen LogP contribution in [0.3, 0.4) is 0 Å². The van der Waals surface area contributed by atoms with Gasteiger partial charge in [0.25, 0.3) is 0 Å². The van der Waals surface area contributed by atoms with Crippen LogP contribution in [0, 0.1) is 11.8 Å². The van der Waals surface area contributed by atoms with Crippen LogP contribution in [-0.2, 0) is 18.9 Å². The third-order valence-corrected chi connectivity index (χ3v) is 6.45. The molecule has 4 aliphatic rings. The van der Waals surface area contributed by atoms with E-state index in [2.05, 4.69) is 32.9 Å². The molecular formula is C20H31NO6. The van der Waals surface area contributed by atoms with Gasteiger partial charge in [0, 0.05) is 7.11 Å². The van der Waals surface area contributed by atoms with Crippen LogP contribution in [0.4, 0.5) is 4.79 Å². The number of likely N-dealkylation sites (tertiary alicyclic amines) is 1. The molecule has 7 heteroatoms. The van der Waals surface area contributed by atoms with Gasteiger partial charge in [-0.25, -0.2) is 4.79 Å². The number of methoxy groups -OCH3 is 1. The van der Waals surface area contributed by atoms with Gasteiger partial charge in [0.1, 0.15) is 29.5 Å². The normalized spacial score (nSPS) is 44.0. The fraction of sp³-hybridized carbons (Fsp3) is 0.850. The summed E-state index contributed by atoms with van der Waals surface area (Å²) in [5, 5.41) is 9.41. The molecule has 3 aliphatic heterocycles. The third-order valence-electron chi connectivity index (χ3n) is 6.45. The lowest BCUT2D eigenvalue weighted by Crippen LogP contribution is -2.58. The second-order valence-electron chi connectivity index (χ2n) is 8.90. The average molecular weight is 381 g/mol. The molecule has 0 aromatic rings. The number of aliphatic hydroxyl groups excluding tert-OH is 1. The molecule has 0 aromatic carbocycles. The van der Waals surface area contributed by atoms with Crippen molar-refractivity contribution in [3.05, 3.63) is 12.2 Å². The largest absolute Gasteiger partial charge is 0.443 e. The minimum atomic E-state index is -0.440. The van der Waals surface area contributed by atoms with Crippen LogP contribution in [0.2, 0.25) is 0 Å². The molecule has 0 bridgehead atoms. The number of allylic oxidation sites excluding steroid dienone is 1. The van der Waals surface area contributed by atoms with Gasteiger partial charge >= 0.3 is 6.09 Å². The Labute approximate surface area is 160 Å². The Kier molecular flexibility index (Phi) is 4.78. The molecule has 4 fully saturated rings. The number of hydrogen-bond acceptors (Lipinski definition) is 6. The molecule has 2 unspecified atom stereocenters. The number of nitrogens with zero attached hydrogens (tertiary/aromatic N) is 1. The highest BCUT2D eigenvalue weighted by molar-refractivity contribution is 5.69. The van der Waals surface area contributed by atoms with E-state index >= 15 is 0 Å². The van der Waals surface area contributed by atoms with E-state index in [1.807, 2.05) is 0 Å². The number of aliphatic hydroxyl groups is 1. The minimum absolute atomic E-state index is 0.00495. The van der Waals surface area contributed by atoms with Gasteiger partial charge in [0.15, 0.2) is 0 Å². The van der Waals surface area contributed by atoms with E-state index < -0.39 is 6.10 Å². The first-order valence-corrected chi connectivity index (χ1v) is 9.95. The van der Waals surface area contributed by atoms with Crippen molar-refractivity contribution in [3.8, 4) is 0 Å². The molecule has 1 N–H and O–H groups in total. The van der Waals surface area contributed by atoms with Crippen LogP contribution in [0.25, 0.3) is 0 Å². The molecule has 4 rings (SSSR count). The van der Waals surface area contributed by atoms with Gasteiger partial charge in [-0.05, 0) is 25.7 Å². The number of carbonyl (C=O) groups excluding carboxylic acids is 1. The SMILES string of the molecule is CO[C@H]1C(C2(C)O[C@@H]2/C=C/C(C)C)[C@]2(CC[C@H]1OC(=O)N1CC(O)C1)CO2. The lowest BCUT2D eigenvalue weighted by Gasteiger charge is -2.44. The maximum Gasteiger partial charge on any atom is 0.410 e. The summed E-state index contributed by atoms with van der Waals surface area (Å²) in [5.74, 6) is 0.472. The molecule has 1 amide bonds. The summed E-state index contributed by atoms with van der Waals surface area (Å²) in [6, 6.07) is 0. The van der Waals surface area contributed by atoms with Crippen molar-refractivity contribution in [2.45, 2.75) is 69.2 Å². The summed E-state index contributed by atoms with van der Waals surface area (Å²) < 4.78 is 23.7. The topological polar surface area (TPSA) is 84.1 Å². The Bertz CT molecular complexity index is 612. The first-order valence-electron chi connectivity index (χ1n) is 9.95. The fourth-order valence-corrected chi connectivity index (χ4v) is 4.75. The first kappa shape index (κ1) is 19.2. The summed E-state index contributed by atoms with van der Waals surface area (Å²) >= 11 is 0. The molecule has 0 radical (unpaired) electrons. The second kappa shape index (κ2) is 6.72. The van der Waals surface area contributed by atoms with Crippen molar-refractivity contribution in [1.82, 2.24) is 4.90 Å². The quantitative estimate of drug-likeness (QED) is 0.577. The summed E-state index contributed by atoms with van der Waals surface area (Å²) in [4.78, 5) is 13.9. The first-order chi connectivity index (χ1) is 12.8. The smallest absolute Gasteiger partial charge is 0.410 e. The molecule has 3 heterocycles. The molecule has 6 atom stereocenters. The van der Waals surface area contributed by atoms with Crippen LogP contribution < -0.4 is 0 Å². The number of epoxide rings is 2. The van der Waals surface area contributed by atoms with Crippen molar-refractivity contribution in [2.24, 2.45) is 11.8 Å². The highest BCUT2D eigenvalue weighted by Crippen LogP contribution is 2.59. The second-order valence-corrected chi connectivity index (χ2v) is 8.90. The van der Waals surface area contributed by atoms with Gasteiger partial charge in [-0.3, -0.25) is 0 Å². The van der Waals surface area contributed by atoms with Gasteiger partial charge in [0.05, 0.1) is 31.7 Å². The van der Waals surface area contributed by atoms with Crippen molar-refractivity contribution >= 4 is 6.09 Å². The predicted molar refractivity (Wildman–Crippen MR) is 97.3 cm³/mol. The van der Waals surface area contributed by atoms with E-state index in [-0.39, 0.29) is 41.5 Å². The van der Waals surface area contributed by atoms with Gasteiger partial charge in [-0.2, -0.15) is 0 Å². The minimum Gasteiger partial charge on any atom is -0.443 e. The van der Waals surface area contributed by atoms with Crippen molar-refractivity contribution in [2.75, 3.05) is 26.8 Å². The van der Waals surface area contributed by atoms with Crippen molar-refractivity contribution in [3.63, 3.8) is 0 Å². The Balaban J connectivity index is 1.48. The molecule has 7 nitrogen and oxygen atoms in total. The molecule has 1 saturated carbocycles. The Morgan fingerprint density at radius 2 is 2.07 bits per heavy atom. The summed E-state index contributed by atoms with van der Waals surface area (Å²) in [5.41, 5.74) is -0.605. The van der Waals surface area contributed by atoms with E-state index in [1.54, 1.807) is 7.11 Å². The van der Waals surface area contributed by atoms with Gasteiger partial charge in [0.2, 0.25) is 0 Å². The van der Waals surface area contributed by atoms with Gasteiger partial charge in [-0.15, -0.1) is 0 Å². The zero-order chi connectivity index (χ0) is 19.4. The van der Waals surface area contributed by atoms with Gasteiger partial charge in [-0.1, -0.05) is 26.0 Å². The number of ether oxygens (including phenoxy) is 4. The summed E-state index contributed by atoms with van der Waals surface area (Å²) in [6.45, 7) is 7.77. The number of rotatable bonds is 5.